The van der Waals surface area contributed by atoms with Crippen LogP contribution in [0.15, 0.2) is 12.7 Å². The lowest BCUT2D eigenvalue weighted by Crippen LogP contribution is -2.41. The minimum Gasteiger partial charge on any atom is -0.348 e. The van der Waals surface area contributed by atoms with Crippen LogP contribution in [-0.2, 0) is 4.79 Å². The van der Waals surface area contributed by atoms with Gasteiger partial charge in [-0.05, 0) is 26.3 Å². The lowest BCUT2D eigenvalue weighted by Gasteiger charge is -2.23. The third kappa shape index (κ3) is 3.28. The van der Waals surface area contributed by atoms with Gasteiger partial charge in [-0.2, -0.15) is 0 Å². The monoisotopic (exact) mass is 140 g/mol. The topological polar surface area (TPSA) is 29.1 Å². The van der Waals surface area contributed by atoms with Gasteiger partial charge in [0.15, 0.2) is 0 Å². The molecule has 2 nitrogen and oxygen atoms in total. The van der Waals surface area contributed by atoms with E-state index in [-0.39, 0.29) is 11.4 Å². The molecule has 57 valence electrons. The third-order valence-electron chi connectivity index (χ3n) is 1.27. The fourth-order valence-corrected chi connectivity index (χ4v) is 0.447. The van der Waals surface area contributed by atoms with Gasteiger partial charge in [0, 0.05) is 5.54 Å². The summed E-state index contributed by atoms with van der Waals surface area (Å²) in [5.74, 6) is -0.145. The van der Waals surface area contributed by atoms with Crippen LogP contribution in [0.4, 0.5) is 0 Å². The molecule has 0 spiro atoms. The second-order valence-electron chi connectivity index (χ2n) is 2.83. The van der Waals surface area contributed by atoms with Crippen LogP contribution in [0.1, 0.15) is 20.3 Å². The molecule has 0 heterocycles. The molecule has 1 amide bonds. The Bertz CT molecular complexity index is 138. The molecule has 0 saturated carbocycles. The third-order valence-corrected chi connectivity index (χ3v) is 1.27. The Hall–Kier alpha value is -0.790. The minimum absolute atomic E-state index is 0.145. The van der Waals surface area contributed by atoms with Gasteiger partial charge in [-0.25, -0.2) is 0 Å². The van der Waals surface area contributed by atoms with Gasteiger partial charge in [0.05, 0.1) is 0 Å². The number of nitrogens with one attached hydrogen (secondary N) is 1. The number of rotatable bonds is 3. The fraction of sp³-hybridized carbons (Fsp3) is 0.500. The second kappa shape index (κ2) is 3.40. The summed E-state index contributed by atoms with van der Waals surface area (Å²) in [6.07, 6.45) is 1.93. The quantitative estimate of drug-likeness (QED) is 0.588. The second-order valence-corrected chi connectivity index (χ2v) is 2.83. The van der Waals surface area contributed by atoms with Crippen molar-refractivity contribution in [1.82, 2.24) is 5.32 Å². The van der Waals surface area contributed by atoms with Gasteiger partial charge in [0.25, 0.3) is 0 Å². The molecule has 0 aromatic rings. The van der Waals surface area contributed by atoms with E-state index in [2.05, 4.69) is 18.8 Å². The Morgan fingerprint density at radius 2 is 2.20 bits per heavy atom. The average Bonchev–Trinajstić information content (AvgIpc) is 1.87. The molecule has 0 aromatic heterocycles. The molecule has 0 aliphatic carbocycles. The molecular weight excluding hydrogens is 126 g/mol. The summed E-state index contributed by atoms with van der Waals surface area (Å²) in [6.45, 7) is 10.9. The van der Waals surface area contributed by atoms with Crippen molar-refractivity contribution >= 4 is 5.91 Å². The molecule has 0 aliphatic rings. The van der Waals surface area contributed by atoms with Gasteiger partial charge < -0.3 is 5.32 Å². The summed E-state index contributed by atoms with van der Waals surface area (Å²) < 4.78 is 0. The smallest absolute Gasteiger partial charge is 0.243 e. The zero-order valence-electron chi connectivity index (χ0n) is 6.61. The van der Waals surface area contributed by atoms with E-state index in [4.69, 9.17) is 0 Å². The van der Waals surface area contributed by atoms with Crippen LogP contribution in [0.2, 0.25) is 0 Å². The van der Waals surface area contributed by atoms with Gasteiger partial charge >= 0.3 is 0 Å². The normalized spacial score (nSPS) is 10.7. The Morgan fingerprint density at radius 1 is 1.70 bits per heavy atom. The van der Waals surface area contributed by atoms with Crippen molar-refractivity contribution in [3.63, 3.8) is 0 Å². The maximum absolute atomic E-state index is 10.7. The van der Waals surface area contributed by atoms with Crippen molar-refractivity contribution in [3.05, 3.63) is 19.6 Å². The fourth-order valence-electron chi connectivity index (χ4n) is 0.447. The SMILES string of the molecule is [CH2]CC(C)(C)NC(=O)C=C. The number of hydrogen-bond donors (Lipinski definition) is 1. The number of amides is 1. The van der Waals surface area contributed by atoms with E-state index < -0.39 is 0 Å². The average molecular weight is 140 g/mol. The lowest BCUT2D eigenvalue weighted by atomic mass is 10.0. The van der Waals surface area contributed by atoms with Crippen molar-refractivity contribution in [2.45, 2.75) is 25.8 Å². The standard InChI is InChI=1S/C8H14NO/c1-5-7(10)9-8(3,4)6-2/h5H,1-2,6H2,3-4H3,(H,9,10). The first-order valence-electron chi connectivity index (χ1n) is 3.25. The summed E-state index contributed by atoms with van der Waals surface area (Å²) >= 11 is 0. The van der Waals surface area contributed by atoms with E-state index in [0.29, 0.717) is 6.42 Å². The van der Waals surface area contributed by atoms with Gasteiger partial charge in [-0.3, -0.25) is 4.79 Å². The zero-order valence-corrected chi connectivity index (χ0v) is 6.61. The molecule has 0 bridgehead atoms. The highest BCUT2D eigenvalue weighted by Gasteiger charge is 2.15. The molecule has 0 saturated heterocycles. The molecule has 2 heteroatoms. The first kappa shape index (κ1) is 9.21. The summed E-state index contributed by atoms with van der Waals surface area (Å²) in [5.41, 5.74) is -0.217. The summed E-state index contributed by atoms with van der Waals surface area (Å²) in [4.78, 5) is 10.7. The maximum atomic E-state index is 10.7. The number of carbonyl (C=O) groups is 1. The van der Waals surface area contributed by atoms with Crippen LogP contribution in [0.25, 0.3) is 0 Å². The predicted octanol–water partition coefficient (Wildman–Crippen LogP) is 1.29. The van der Waals surface area contributed by atoms with Crippen molar-refractivity contribution in [3.8, 4) is 0 Å². The van der Waals surface area contributed by atoms with E-state index in [1.54, 1.807) is 0 Å². The molecule has 1 radical (unpaired) electrons. The molecule has 0 atom stereocenters. The highest BCUT2D eigenvalue weighted by Crippen LogP contribution is 2.05. The first-order valence-corrected chi connectivity index (χ1v) is 3.25. The Balaban J connectivity index is 3.87. The van der Waals surface area contributed by atoms with Crippen LogP contribution in [0.5, 0.6) is 0 Å². The van der Waals surface area contributed by atoms with E-state index in [1.165, 1.54) is 6.08 Å². The van der Waals surface area contributed by atoms with E-state index in [9.17, 15) is 4.79 Å². The molecule has 0 aliphatic heterocycles. The van der Waals surface area contributed by atoms with E-state index in [0.717, 1.165) is 0 Å². The van der Waals surface area contributed by atoms with Crippen LogP contribution in [-0.4, -0.2) is 11.4 Å². The van der Waals surface area contributed by atoms with Crippen molar-refractivity contribution in [2.75, 3.05) is 0 Å². The summed E-state index contributed by atoms with van der Waals surface area (Å²) in [6, 6.07) is 0. The first-order chi connectivity index (χ1) is 4.52. The highest BCUT2D eigenvalue weighted by molar-refractivity contribution is 5.87. The molecule has 0 unspecified atom stereocenters. The van der Waals surface area contributed by atoms with Crippen LogP contribution >= 0.6 is 0 Å². The van der Waals surface area contributed by atoms with Crippen LogP contribution < -0.4 is 5.32 Å². The van der Waals surface area contributed by atoms with Gasteiger partial charge in [-0.1, -0.05) is 13.5 Å². The minimum atomic E-state index is -0.217. The highest BCUT2D eigenvalue weighted by atomic mass is 16.1. The molecule has 10 heavy (non-hydrogen) atoms. The van der Waals surface area contributed by atoms with Gasteiger partial charge in [0.1, 0.15) is 0 Å². The van der Waals surface area contributed by atoms with E-state index >= 15 is 0 Å². The maximum Gasteiger partial charge on any atom is 0.243 e. The molecule has 0 aromatic carbocycles. The Labute approximate surface area is 62.3 Å². The van der Waals surface area contributed by atoms with Crippen molar-refractivity contribution in [2.24, 2.45) is 0 Å². The van der Waals surface area contributed by atoms with Crippen LogP contribution in [0, 0.1) is 6.92 Å². The zero-order chi connectivity index (χ0) is 8.20. The molecule has 0 fully saturated rings. The molecule has 0 rings (SSSR count). The Kier molecular flexibility index (Phi) is 3.13. The summed E-state index contributed by atoms with van der Waals surface area (Å²) in [7, 11) is 0. The number of hydrogen-bond acceptors (Lipinski definition) is 1. The number of carbonyl (C=O) groups excluding carboxylic acids is 1. The molecule has 1 N–H and O–H groups in total. The largest absolute Gasteiger partial charge is 0.348 e. The Morgan fingerprint density at radius 3 is 2.50 bits per heavy atom. The predicted molar refractivity (Wildman–Crippen MR) is 42.4 cm³/mol. The lowest BCUT2D eigenvalue weighted by molar-refractivity contribution is -0.117. The van der Waals surface area contributed by atoms with Gasteiger partial charge in [0.2, 0.25) is 5.91 Å². The van der Waals surface area contributed by atoms with Gasteiger partial charge in [-0.15, -0.1) is 0 Å². The van der Waals surface area contributed by atoms with Crippen LogP contribution in [0.3, 0.4) is 0 Å². The summed E-state index contributed by atoms with van der Waals surface area (Å²) in [5, 5.41) is 2.74. The van der Waals surface area contributed by atoms with Crippen molar-refractivity contribution in [1.29, 1.82) is 0 Å². The molecular formula is C8H14NO. The van der Waals surface area contributed by atoms with Crippen molar-refractivity contribution < 1.29 is 4.79 Å². The van der Waals surface area contributed by atoms with E-state index in [1.807, 2.05) is 13.8 Å².